The highest BCUT2D eigenvalue weighted by Crippen LogP contribution is 2.42. The van der Waals surface area contributed by atoms with Crippen LogP contribution in [0.15, 0.2) is 16.1 Å². The molecule has 0 fully saturated rings. The van der Waals surface area contributed by atoms with Crippen LogP contribution >= 0.6 is 23.2 Å². The zero-order valence-electron chi connectivity index (χ0n) is 12.4. The summed E-state index contributed by atoms with van der Waals surface area (Å²) in [6.45, 7) is -1.72. The number of amidine groups is 1. The van der Waals surface area contributed by atoms with Crippen molar-refractivity contribution in [2.45, 2.75) is 24.5 Å². The maximum atomic E-state index is 13.1. The van der Waals surface area contributed by atoms with E-state index in [9.17, 15) is 22.0 Å². The highest BCUT2D eigenvalue weighted by Gasteiger charge is 2.39. The number of carbonyl (C=O) groups is 1. The summed E-state index contributed by atoms with van der Waals surface area (Å²) < 4.78 is 49.9. The van der Waals surface area contributed by atoms with Gasteiger partial charge < -0.3 is 5.73 Å². The lowest BCUT2D eigenvalue weighted by Gasteiger charge is -2.27. The first-order valence-corrected chi connectivity index (χ1v) is 8.99. The van der Waals surface area contributed by atoms with Crippen molar-refractivity contribution in [3.63, 3.8) is 0 Å². The zero-order valence-corrected chi connectivity index (χ0v) is 14.7. The summed E-state index contributed by atoms with van der Waals surface area (Å²) in [7, 11) is -3.79. The zero-order chi connectivity index (χ0) is 18.4. The summed E-state index contributed by atoms with van der Waals surface area (Å²) in [6.07, 6.45) is -0.379. The fraction of sp³-hybridized carbons (Fsp3) is 0.333. The molecule has 0 bridgehead atoms. The number of rotatable bonds is 4. The molecule has 1 unspecified atom stereocenters. The number of hydrogen-bond acceptors (Lipinski definition) is 7. The number of nitrogens with zero attached hydrogens (tertiary/aromatic N) is 3. The molecule has 1 heterocycles. The van der Waals surface area contributed by atoms with Gasteiger partial charge in [0.2, 0.25) is 0 Å². The number of nitrogen functional groups attached to an aromatic ring is 1. The number of anilines is 2. The molecule has 0 radical (unpaired) electrons. The standard InChI is InChI=1S/C12H12Cl2F2N4O3S/c1-5-18-20(8(4-21)19(5)12(15)16)6-3-7(24(2,22)23)10(14)11(17)9(6)13/h3-4,8,12H,17H2,1-2H3. The average Bonchev–Trinajstić information content (AvgIpc) is 2.80. The van der Waals surface area contributed by atoms with Gasteiger partial charge in [0.25, 0.3) is 0 Å². The molecule has 1 aliphatic heterocycles. The predicted molar refractivity (Wildman–Crippen MR) is 87.3 cm³/mol. The van der Waals surface area contributed by atoms with Crippen LogP contribution in [0.4, 0.5) is 20.2 Å². The molecule has 0 aromatic heterocycles. The molecule has 1 aromatic carbocycles. The second-order valence-electron chi connectivity index (χ2n) is 4.93. The van der Waals surface area contributed by atoms with E-state index in [0.29, 0.717) is 4.90 Å². The van der Waals surface area contributed by atoms with Gasteiger partial charge in [0.1, 0.15) is 5.84 Å². The van der Waals surface area contributed by atoms with Gasteiger partial charge in [-0.05, 0) is 13.0 Å². The summed E-state index contributed by atoms with van der Waals surface area (Å²) in [5.41, 5.74) is 5.32. The molecule has 1 aliphatic rings. The van der Waals surface area contributed by atoms with Crippen LogP contribution in [0.5, 0.6) is 0 Å². The van der Waals surface area contributed by atoms with Crippen molar-refractivity contribution >= 4 is 56.5 Å². The second-order valence-corrected chi connectivity index (χ2v) is 7.67. The number of alkyl halides is 2. The van der Waals surface area contributed by atoms with Crippen LogP contribution in [-0.2, 0) is 14.6 Å². The number of hydrogen-bond donors (Lipinski definition) is 1. The number of aldehydes is 1. The van der Waals surface area contributed by atoms with E-state index in [1.807, 2.05) is 0 Å². The van der Waals surface area contributed by atoms with Crippen LogP contribution in [0.25, 0.3) is 0 Å². The molecule has 0 amide bonds. The molecule has 0 aliphatic carbocycles. The van der Waals surface area contributed by atoms with E-state index in [1.54, 1.807) is 0 Å². The van der Waals surface area contributed by atoms with Crippen LogP contribution in [0.1, 0.15) is 6.92 Å². The predicted octanol–water partition coefficient (Wildman–Crippen LogP) is 2.18. The van der Waals surface area contributed by atoms with E-state index in [2.05, 4.69) is 5.10 Å². The fourth-order valence-electron chi connectivity index (χ4n) is 2.21. The van der Waals surface area contributed by atoms with Crippen molar-refractivity contribution in [3.8, 4) is 0 Å². The Hall–Kier alpha value is -1.65. The molecule has 2 rings (SSSR count). The smallest absolute Gasteiger partial charge is 0.318 e. The fourth-order valence-corrected chi connectivity index (χ4v) is 3.82. The molecule has 0 spiro atoms. The van der Waals surface area contributed by atoms with Gasteiger partial charge in [-0.3, -0.25) is 9.69 Å². The van der Waals surface area contributed by atoms with Gasteiger partial charge in [0.05, 0.1) is 26.3 Å². The summed E-state index contributed by atoms with van der Waals surface area (Å²) in [6, 6.07) is 1.04. The molecular formula is C12H12Cl2F2N4O3S. The van der Waals surface area contributed by atoms with Crippen LogP contribution in [-0.4, -0.2) is 44.4 Å². The van der Waals surface area contributed by atoms with Crippen LogP contribution in [0, 0.1) is 0 Å². The normalized spacial score (nSPS) is 18.3. The highest BCUT2D eigenvalue weighted by atomic mass is 35.5. The first kappa shape index (κ1) is 18.7. The van der Waals surface area contributed by atoms with Crippen molar-refractivity contribution in [1.29, 1.82) is 0 Å². The van der Waals surface area contributed by atoms with Crippen molar-refractivity contribution in [1.82, 2.24) is 4.90 Å². The molecule has 12 heteroatoms. The SMILES string of the molecule is CC1=NN(c2cc(S(C)(=O)=O)c(Cl)c(N)c2Cl)C(C=O)N1C(F)F. The van der Waals surface area contributed by atoms with Gasteiger partial charge in [0.15, 0.2) is 22.3 Å². The first-order valence-electron chi connectivity index (χ1n) is 6.34. The maximum absolute atomic E-state index is 13.1. The van der Waals surface area contributed by atoms with Crippen molar-refractivity contribution in [2.75, 3.05) is 17.0 Å². The van der Waals surface area contributed by atoms with E-state index in [4.69, 9.17) is 28.9 Å². The topological polar surface area (TPSA) is 96.1 Å². The Labute approximate surface area is 146 Å². The molecular weight excluding hydrogens is 389 g/mol. The monoisotopic (exact) mass is 400 g/mol. The van der Waals surface area contributed by atoms with E-state index >= 15 is 0 Å². The summed E-state index contributed by atoms with van der Waals surface area (Å²) in [4.78, 5) is 11.4. The van der Waals surface area contributed by atoms with Gasteiger partial charge in [-0.25, -0.2) is 13.4 Å². The molecule has 24 heavy (non-hydrogen) atoms. The summed E-state index contributed by atoms with van der Waals surface area (Å²) >= 11 is 12.0. The van der Waals surface area contributed by atoms with E-state index in [0.717, 1.165) is 17.3 Å². The first-order chi connectivity index (χ1) is 11.0. The summed E-state index contributed by atoms with van der Waals surface area (Å²) in [5, 5.41) is 4.23. The Morgan fingerprint density at radius 2 is 1.96 bits per heavy atom. The minimum Gasteiger partial charge on any atom is -0.396 e. The van der Waals surface area contributed by atoms with Crippen molar-refractivity contribution in [3.05, 3.63) is 16.1 Å². The van der Waals surface area contributed by atoms with Gasteiger partial charge >= 0.3 is 6.55 Å². The summed E-state index contributed by atoms with van der Waals surface area (Å²) in [5.74, 6) is -0.146. The Morgan fingerprint density at radius 3 is 2.42 bits per heavy atom. The third-order valence-corrected chi connectivity index (χ3v) is 5.36. The van der Waals surface area contributed by atoms with Crippen molar-refractivity contribution < 1.29 is 22.0 Å². The minimum absolute atomic E-state index is 0.126. The number of benzene rings is 1. The second kappa shape index (κ2) is 6.34. The molecule has 132 valence electrons. The van der Waals surface area contributed by atoms with Gasteiger partial charge in [0, 0.05) is 6.26 Å². The highest BCUT2D eigenvalue weighted by molar-refractivity contribution is 7.90. The largest absolute Gasteiger partial charge is 0.396 e. The number of hydrazone groups is 1. The molecule has 2 N–H and O–H groups in total. The number of carbonyl (C=O) groups excluding carboxylic acids is 1. The molecule has 7 nitrogen and oxygen atoms in total. The third kappa shape index (κ3) is 3.01. The Balaban J connectivity index is 2.69. The number of halogens is 4. The Kier molecular flexibility index (Phi) is 4.93. The van der Waals surface area contributed by atoms with Gasteiger partial charge in [-0.2, -0.15) is 13.9 Å². The average molecular weight is 401 g/mol. The Morgan fingerprint density at radius 1 is 1.38 bits per heavy atom. The third-order valence-electron chi connectivity index (χ3n) is 3.32. The van der Waals surface area contributed by atoms with E-state index in [1.165, 1.54) is 6.92 Å². The van der Waals surface area contributed by atoms with Crippen LogP contribution < -0.4 is 10.7 Å². The van der Waals surface area contributed by atoms with Crippen molar-refractivity contribution in [2.24, 2.45) is 5.10 Å². The quantitative estimate of drug-likeness (QED) is 0.472. The number of nitrogens with two attached hydrogens (primary N) is 1. The van der Waals surface area contributed by atoms with E-state index < -0.39 is 22.6 Å². The van der Waals surface area contributed by atoms with E-state index in [-0.39, 0.29) is 38.4 Å². The van der Waals surface area contributed by atoms with Crippen LogP contribution in [0.2, 0.25) is 10.0 Å². The lowest BCUT2D eigenvalue weighted by Crippen LogP contribution is -2.45. The van der Waals surface area contributed by atoms with Gasteiger partial charge in [-0.1, -0.05) is 23.2 Å². The maximum Gasteiger partial charge on any atom is 0.318 e. The Bertz CT molecular complexity index is 832. The lowest BCUT2D eigenvalue weighted by molar-refractivity contribution is -0.114. The molecule has 1 aromatic rings. The molecule has 0 saturated heterocycles. The molecule has 1 atom stereocenters. The van der Waals surface area contributed by atoms with Crippen LogP contribution in [0.3, 0.4) is 0 Å². The number of sulfone groups is 1. The lowest BCUT2D eigenvalue weighted by atomic mass is 10.2. The minimum atomic E-state index is -3.79. The molecule has 0 saturated carbocycles. The van der Waals surface area contributed by atoms with Gasteiger partial charge in [-0.15, -0.1) is 0 Å².